The Balaban J connectivity index is 1.83. The van der Waals surface area contributed by atoms with Crippen molar-refractivity contribution in [3.05, 3.63) is 59.7 Å². The molecule has 0 spiro atoms. The molecule has 1 aliphatic rings. The van der Waals surface area contributed by atoms with E-state index in [-0.39, 0.29) is 6.04 Å². The fraction of sp³-hybridized carbons (Fsp3) is 0.375. The molecule has 19 heavy (non-hydrogen) atoms. The van der Waals surface area contributed by atoms with Gasteiger partial charge in [0.15, 0.2) is 0 Å². The fourth-order valence-corrected chi connectivity index (χ4v) is 2.66. The Morgan fingerprint density at radius 3 is 2.47 bits per heavy atom. The number of nitrogens with one attached hydrogen (secondary N) is 1. The van der Waals surface area contributed by atoms with Crippen LogP contribution in [0.3, 0.4) is 0 Å². The molecule has 0 bridgehead atoms. The Kier molecular flexibility index (Phi) is 3.56. The summed E-state index contributed by atoms with van der Waals surface area (Å²) in [5.74, 6) is 0.793. The van der Waals surface area contributed by atoms with E-state index in [0.717, 1.165) is 11.6 Å². The van der Waals surface area contributed by atoms with Crippen molar-refractivity contribution in [3.63, 3.8) is 0 Å². The number of rotatable bonds is 4. The van der Waals surface area contributed by atoms with Gasteiger partial charge in [0.05, 0.1) is 11.7 Å². The summed E-state index contributed by atoms with van der Waals surface area (Å²) in [6, 6.07) is 11.1. The van der Waals surface area contributed by atoms with Crippen molar-refractivity contribution in [1.29, 1.82) is 0 Å². The molecule has 1 unspecified atom stereocenters. The molecule has 0 amide bonds. The minimum atomic E-state index is 0.137. The number of hydrogen-bond acceptors (Lipinski definition) is 3. The third kappa shape index (κ3) is 2.51. The predicted octanol–water partition coefficient (Wildman–Crippen LogP) is 3.05. The van der Waals surface area contributed by atoms with Gasteiger partial charge in [-0.15, -0.1) is 0 Å². The lowest BCUT2D eigenvalue weighted by Crippen LogP contribution is -2.19. The van der Waals surface area contributed by atoms with Crippen LogP contribution >= 0.6 is 0 Å². The van der Waals surface area contributed by atoms with E-state index in [1.54, 1.807) is 12.5 Å². The van der Waals surface area contributed by atoms with Gasteiger partial charge in [-0.25, -0.2) is 9.97 Å². The maximum absolute atomic E-state index is 4.34. The zero-order chi connectivity index (χ0) is 13.1. The molecule has 3 rings (SSSR count). The van der Waals surface area contributed by atoms with Gasteiger partial charge in [0, 0.05) is 6.20 Å². The average Bonchev–Trinajstić information content (AvgIpc) is 2.41. The lowest BCUT2D eigenvalue weighted by Gasteiger charge is -2.26. The monoisotopic (exact) mass is 253 g/mol. The number of aromatic nitrogens is 2. The smallest absolute Gasteiger partial charge is 0.115 e. The normalized spacial score (nSPS) is 16.9. The molecule has 1 saturated carbocycles. The van der Waals surface area contributed by atoms with Crippen LogP contribution in [-0.4, -0.2) is 17.0 Å². The molecule has 1 heterocycles. The number of benzene rings is 1. The highest BCUT2D eigenvalue weighted by atomic mass is 14.9. The summed E-state index contributed by atoms with van der Waals surface area (Å²) in [5, 5.41) is 3.32. The fourth-order valence-electron chi connectivity index (χ4n) is 2.66. The van der Waals surface area contributed by atoms with Gasteiger partial charge >= 0.3 is 0 Å². The molecule has 1 aromatic heterocycles. The van der Waals surface area contributed by atoms with Crippen LogP contribution in [0.2, 0.25) is 0 Å². The van der Waals surface area contributed by atoms with Crippen molar-refractivity contribution >= 4 is 0 Å². The van der Waals surface area contributed by atoms with E-state index in [1.165, 1.54) is 30.4 Å². The first kappa shape index (κ1) is 12.3. The summed E-state index contributed by atoms with van der Waals surface area (Å²) in [5.41, 5.74) is 3.74. The van der Waals surface area contributed by atoms with Crippen LogP contribution in [0.5, 0.6) is 0 Å². The zero-order valence-corrected chi connectivity index (χ0v) is 11.2. The summed E-state index contributed by atoms with van der Waals surface area (Å²) in [6.45, 7) is 0. The first-order valence-corrected chi connectivity index (χ1v) is 6.91. The molecule has 1 fully saturated rings. The van der Waals surface area contributed by atoms with Crippen molar-refractivity contribution in [2.75, 3.05) is 7.05 Å². The second kappa shape index (κ2) is 5.49. The second-order valence-electron chi connectivity index (χ2n) is 5.15. The van der Waals surface area contributed by atoms with Gasteiger partial charge in [0.1, 0.15) is 6.33 Å². The van der Waals surface area contributed by atoms with Crippen LogP contribution in [-0.2, 0) is 0 Å². The second-order valence-corrected chi connectivity index (χ2v) is 5.15. The van der Waals surface area contributed by atoms with Crippen molar-refractivity contribution in [1.82, 2.24) is 15.3 Å². The van der Waals surface area contributed by atoms with Gasteiger partial charge in [-0.2, -0.15) is 0 Å². The molecule has 1 N–H and O–H groups in total. The van der Waals surface area contributed by atoms with E-state index >= 15 is 0 Å². The van der Waals surface area contributed by atoms with E-state index in [1.807, 2.05) is 13.1 Å². The number of nitrogens with zero attached hydrogens (tertiary/aromatic N) is 2. The lowest BCUT2D eigenvalue weighted by molar-refractivity contribution is 0.419. The highest BCUT2D eigenvalue weighted by Gasteiger charge is 2.20. The third-order valence-corrected chi connectivity index (χ3v) is 4.04. The molecule has 0 saturated heterocycles. The average molecular weight is 253 g/mol. The molecule has 3 heteroatoms. The highest BCUT2D eigenvalue weighted by molar-refractivity contribution is 5.32. The van der Waals surface area contributed by atoms with E-state index in [4.69, 9.17) is 0 Å². The minimum absolute atomic E-state index is 0.137. The Labute approximate surface area is 114 Å². The third-order valence-electron chi connectivity index (χ3n) is 4.04. The van der Waals surface area contributed by atoms with Crippen LogP contribution in [0, 0.1) is 0 Å². The van der Waals surface area contributed by atoms with E-state index in [0.29, 0.717) is 0 Å². The Morgan fingerprint density at radius 2 is 1.95 bits per heavy atom. The van der Waals surface area contributed by atoms with Crippen LogP contribution in [0.15, 0.2) is 42.9 Å². The van der Waals surface area contributed by atoms with Gasteiger partial charge < -0.3 is 5.32 Å². The van der Waals surface area contributed by atoms with E-state index < -0.39 is 0 Å². The first-order chi connectivity index (χ1) is 9.38. The van der Waals surface area contributed by atoms with E-state index in [9.17, 15) is 0 Å². The van der Waals surface area contributed by atoms with Crippen LogP contribution in [0.1, 0.15) is 48.0 Å². The molecule has 2 aromatic rings. The summed E-state index contributed by atoms with van der Waals surface area (Å²) < 4.78 is 0. The van der Waals surface area contributed by atoms with Crippen LogP contribution < -0.4 is 5.32 Å². The van der Waals surface area contributed by atoms with Gasteiger partial charge in [-0.3, -0.25) is 0 Å². The molecule has 0 radical (unpaired) electrons. The standard InChI is InChI=1S/C16H19N3/c1-17-16(15-9-10-18-11-19-15)14-7-5-13(6-8-14)12-3-2-4-12/h5-12,16-17H,2-4H2,1H3. The summed E-state index contributed by atoms with van der Waals surface area (Å²) in [6.07, 6.45) is 7.46. The summed E-state index contributed by atoms with van der Waals surface area (Å²) in [7, 11) is 1.96. The summed E-state index contributed by atoms with van der Waals surface area (Å²) >= 11 is 0. The SMILES string of the molecule is CNC(c1ccc(C2CCC2)cc1)c1ccncn1. The van der Waals surface area contributed by atoms with Gasteiger partial charge in [-0.05, 0) is 43.0 Å². The zero-order valence-electron chi connectivity index (χ0n) is 11.2. The Bertz CT molecular complexity index is 517. The van der Waals surface area contributed by atoms with Crippen molar-refractivity contribution in [3.8, 4) is 0 Å². The van der Waals surface area contributed by atoms with Crippen LogP contribution in [0.4, 0.5) is 0 Å². The minimum Gasteiger partial charge on any atom is -0.308 e. The molecule has 1 aromatic carbocycles. The topological polar surface area (TPSA) is 37.8 Å². The lowest BCUT2D eigenvalue weighted by atomic mass is 9.80. The van der Waals surface area contributed by atoms with Gasteiger partial charge in [0.25, 0.3) is 0 Å². The van der Waals surface area contributed by atoms with Crippen LogP contribution in [0.25, 0.3) is 0 Å². The first-order valence-electron chi connectivity index (χ1n) is 6.91. The molecule has 3 nitrogen and oxygen atoms in total. The van der Waals surface area contributed by atoms with Gasteiger partial charge in [0.2, 0.25) is 0 Å². The molecular weight excluding hydrogens is 234 g/mol. The summed E-state index contributed by atoms with van der Waals surface area (Å²) in [4.78, 5) is 8.31. The molecule has 1 aliphatic carbocycles. The van der Waals surface area contributed by atoms with Crippen molar-refractivity contribution in [2.24, 2.45) is 0 Å². The number of hydrogen-bond donors (Lipinski definition) is 1. The highest BCUT2D eigenvalue weighted by Crippen LogP contribution is 2.36. The predicted molar refractivity (Wildman–Crippen MR) is 76.0 cm³/mol. The Morgan fingerprint density at radius 1 is 1.16 bits per heavy atom. The van der Waals surface area contributed by atoms with Crippen molar-refractivity contribution in [2.45, 2.75) is 31.2 Å². The Hall–Kier alpha value is -1.74. The maximum atomic E-state index is 4.34. The van der Waals surface area contributed by atoms with Gasteiger partial charge in [-0.1, -0.05) is 30.7 Å². The quantitative estimate of drug-likeness (QED) is 0.910. The molecular formula is C16H19N3. The molecule has 98 valence electrons. The largest absolute Gasteiger partial charge is 0.308 e. The molecule has 0 aliphatic heterocycles. The molecule has 1 atom stereocenters. The maximum Gasteiger partial charge on any atom is 0.115 e. The van der Waals surface area contributed by atoms with E-state index in [2.05, 4.69) is 39.6 Å². The van der Waals surface area contributed by atoms with Crippen molar-refractivity contribution < 1.29 is 0 Å².